The summed E-state index contributed by atoms with van der Waals surface area (Å²) in [5, 5.41) is 4.11. The largest absolute Gasteiger partial charge is 0.497 e. The predicted octanol–water partition coefficient (Wildman–Crippen LogP) is 2.13. The minimum Gasteiger partial charge on any atom is -0.497 e. The fourth-order valence-electron chi connectivity index (χ4n) is 3.57. The van der Waals surface area contributed by atoms with Crippen LogP contribution in [0.25, 0.3) is 10.1 Å². The predicted molar refractivity (Wildman–Crippen MR) is 86.6 cm³/mol. The Morgan fingerprint density at radius 1 is 1.41 bits per heavy atom. The molecule has 0 aliphatic carbocycles. The van der Waals surface area contributed by atoms with Gasteiger partial charge in [0.15, 0.2) is 0 Å². The monoisotopic (exact) mass is 317 g/mol. The molecule has 3 saturated heterocycles. The summed E-state index contributed by atoms with van der Waals surface area (Å²) in [6, 6.07) is 5.99. The molecule has 2 aromatic rings. The summed E-state index contributed by atoms with van der Waals surface area (Å²) in [5.41, 5.74) is 0.541. The Morgan fingerprint density at radius 3 is 2.91 bits per heavy atom. The van der Waals surface area contributed by atoms with Crippen LogP contribution in [0, 0.1) is 5.92 Å². The molecule has 5 nitrogen and oxygen atoms in total. The number of carbonyl (C=O) groups excluding carboxylic acids is 1. The Kier molecular flexibility index (Phi) is 3.50. The minimum atomic E-state index is -0.0461. The molecule has 1 unspecified atom stereocenters. The topological polar surface area (TPSA) is 54.5 Å². The van der Waals surface area contributed by atoms with Gasteiger partial charge in [-0.3, -0.25) is 4.79 Å². The SMILES string of the molecule is COc1ccc2c(C(=O)NC3CN4CCC3CC4)nsc2c1. The van der Waals surface area contributed by atoms with Crippen LogP contribution in [0.4, 0.5) is 0 Å². The number of amides is 1. The van der Waals surface area contributed by atoms with E-state index in [1.807, 2.05) is 18.2 Å². The molecular formula is C16H19N3O2S. The Bertz CT molecular complexity index is 706. The lowest BCUT2D eigenvalue weighted by Gasteiger charge is -2.44. The molecule has 1 amide bonds. The smallest absolute Gasteiger partial charge is 0.271 e. The number of carbonyl (C=O) groups is 1. The number of aromatic nitrogens is 1. The second-order valence-electron chi connectivity index (χ2n) is 6.11. The summed E-state index contributed by atoms with van der Waals surface area (Å²) in [6.07, 6.45) is 2.39. The maximum Gasteiger partial charge on any atom is 0.271 e. The number of nitrogens with one attached hydrogen (secondary N) is 1. The number of benzene rings is 1. The van der Waals surface area contributed by atoms with Crippen molar-refractivity contribution in [1.82, 2.24) is 14.6 Å². The van der Waals surface area contributed by atoms with E-state index in [1.165, 1.54) is 37.5 Å². The molecule has 0 saturated carbocycles. The number of fused-ring (bicyclic) bond motifs is 4. The normalized spacial score (nSPS) is 27.0. The van der Waals surface area contributed by atoms with Crippen LogP contribution in [0.3, 0.4) is 0 Å². The minimum absolute atomic E-state index is 0.0461. The highest BCUT2D eigenvalue weighted by Crippen LogP contribution is 2.29. The second-order valence-corrected chi connectivity index (χ2v) is 6.92. The molecule has 0 radical (unpaired) electrons. The fraction of sp³-hybridized carbons (Fsp3) is 0.500. The number of nitrogens with zero attached hydrogens (tertiary/aromatic N) is 2. The highest BCUT2D eigenvalue weighted by Gasteiger charge is 2.35. The molecule has 0 spiro atoms. The van der Waals surface area contributed by atoms with Gasteiger partial charge in [-0.1, -0.05) is 0 Å². The van der Waals surface area contributed by atoms with Gasteiger partial charge in [0.25, 0.3) is 5.91 Å². The molecule has 1 aromatic carbocycles. The maximum atomic E-state index is 12.6. The average Bonchev–Trinajstić information content (AvgIpc) is 2.99. The molecule has 1 aromatic heterocycles. The van der Waals surface area contributed by atoms with E-state index in [1.54, 1.807) is 7.11 Å². The molecule has 4 heterocycles. The number of rotatable bonds is 3. The van der Waals surface area contributed by atoms with E-state index in [2.05, 4.69) is 14.6 Å². The lowest BCUT2D eigenvalue weighted by molar-refractivity contribution is 0.0619. The Balaban J connectivity index is 1.55. The van der Waals surface area contributed by atoms with E-state index in [4.69, 9.17) is 4.74 Å². The Morgan fingerprint density at radius 2 is 2.23 bits per heavy atom. The number of methoxy groups -OCH3 is 1. The van der Waals surface area contributed by atoms with Gasteiger partial charge < -0.3 is 15.0 Å². The summed E-state index contributed by atoms with van der Waals surface area (Å²) in [7, 11) is 1.64. The summed E-state index contributed by atoms with van der Waals surface area (Å²) < 4.78 is 10.6. The summed E-state index contributed by atoms with van der Waals surface area (Å²) in [4.78, 5) is 15.0. The van der Waals surface area contributed by atoms with Crippen LogP contribution in [0.1, 0.15) is 23.3 Å². The van der Waals surface area contributed by atoms with Crippen LogP contribution >= 0.6 is 11.5 Å². The first-order valence-corrected chi connectivity index (χ1v) is 8.48. The van der Waals surface area contributed by atoms with Crippen LogP contribution in [-0.4, -0.2) is 48.0 Å². The molecular weight excluding hydrogens is 298 g/mol. The van der Waals surface area contributed by atoms with Gasteiger partial charge in [0.2, 0.25) is 0 Å². The third kappa shape index (κ3) is 2.36. The van der Waals surface area contributed by atoms with Crippen LogP contribution in [0.15, 0.2) is 18.2 Å². The Hall–Kier alpha value is -1.66. The van der Waals surface area contributed by atoms with Crippen LogP contribution in [0.2, 0.25) is 0 Å². The standard InChI is InChI=1S/C16H19N3O2S/c1-21-11-2-3-12-14(8-11)22-18-15(12)16(20)17-13-9-19-6-4-10(13)5-7-19/h2-3,8,10,13H,4-7,9H2,1H3,(H,17,20). The molecule has 116 valence electrons. The van der Waals surface area contributed by atoms with E-state index >= 15 is 0 Å². The number of hydrogen-bond donors (Lipinski definition) is 1. The van der Waals surface area contributed by atoms with Gasteiger partial charge >= 0.3 is 0 Å². The number of ether oxygens (including phenoxy) is 1. The number of piperidine rings is 3. The highest BCUT2D eigenvalue weighted by atomic mass is 32.1. The molecule has 1 atom stereocenters. The van der Waals surface area contributed by atoms with Crippen LogP contribution in [-0.2, 0) is 0 Å². The van der Waals surface area contributed by atoms with Crippen molar-refractivity contribution in [1.29, 1.82) is 0 Å². The van der Waals surface area contributed by atoms with Crippen molar-refractivity contribution in [3.63, 3.8) is 0 Å². The highest BCUT2D eigenvalue weighted by molar-refractivity contribution is 7.13. The summed E-state index contributed by atoms with van der Waals surface area (Å²) in [5.74, 6) is 1.37. The molecule has 22 heavy (non-hydrogen) atoms. The van der Waals surface area contributed by atoms with E-state index in [0.717, 1.165) is 22.4 Å². The van der Waals surface area contributed by atoms with Crippen LogP contribution < -0.4 is 10.1 Å². The van der Waals surface area contributed by atoms with E-state index < -0.39 is 0 Å². The van der Waals surface area contributed by atoms with Gasteiger partial charge in [0.05, 0.1) is 11.8 Å². The van der Waals surface area contributed by atoms with Crippen molar-refractivity contribution in [2.24, 2.45) is 5.92 Å². The van der Waals surface area contributed by atoms with Gasteiger partial charge in [0, 0.05) is 18.0 Å². The lowest BCUT2D eigenvalue weighted by Crippen LogP contribution is -2.57. The van der Waals surface area contributed by atoms with Crippen molar-refractivity contribution in [3.8, 4) is 5.75 Å². The molecule has 6 heteroatoms. The van der Waals surface area contributed by atoms with Gasteiger partial charge in [-0.15, -0.1) is 0 Å². The zero-order valence-electron chi connectivity index (χ0n) is 12.5. The zero-order valence-corrected chi connectivity index (χ0v) is 13.4. The first-order chi connectivity index (χ1) is 10.7. The average molecular weight is 317 g/mol. The molecule has 5 rings (SSSR count). The van der Waals surface area contributed by atoms with Gasteiger partial charge in [-0.2, -0.15) is 4.37 Å². The van der Waals surface area contributed by atoms with Gasteiger partial charge in [-0.25, -0.2) is 0 Å². The van der Waals surface area contributed by atoms with E-state index in [-0.39, 0.29) is 11.9 Å². The summed E-state index contributed by atoms with van der Waals surface area (Å²) >= 11 is 1.35. The molecule has 3 aliphatic heterocycles. The van der Waals surface area contributed by atoms with Gasteiger partial charge in [-0.05, 0) is 61.6 Å². The van der Waals surface area contributed by atoms with E-state index in [0.29, 0.717) is 11.6 Å². The molecule has 2 bridgehead atoms. The molecule has 3 fully saturated rings. The van der Waals surface area contributed by atoms with Crippen molar-refractivity contribution in [3.05, 3.63) is 23.9 Å². The maximum absolute atomic E-state index is 12.6. The Labute approximate surface area is 133 Å². The lowest BCUT2D eigenvalue weighted by atomic mass is 9.84. The second kappa shape index (κ2) is 5.52. The van der Waals surface area contributed by atoms with Crippen molar-refractivity contribution in [2.75, 3.05) is 26.7 Å². The third-order valence-corrected chi connectivity index (χ3v) is 5.68. The summed E-state index contributed by atoms with van der Waals surface area (Å²) in [6.45, 7) is 3.33. The molecule has 3 aliphatic rings. The van der Waals surface area contributed by atoms with Crippen LogP contribution in [0.5, 0.6) is 5.75 Å². The van der Waals surface area contributed by atoms with Crippen molar-refractivity contribution in [2.45, 2.75) is 18.9 Å². The van der Waals surface area contributed by atoms with Gasteiger partial charge in [0.1, 0.15) is 11.4 Å². The number of hydrogen-bond acceptors (Lipinski definition) is 5. The van der Waals surface area contributed by atoms with Crippen molar-refractivity contribution < 1.29 is 9.53 Å². The zero-order chi connectivity index (χ0) is 15.1. The van der Waals surface area contributed by atoms with Crippen molar-refractivity contribution >= 4 is 27.5 Å². The quantitative estimate of drug-likeness (QED) is 0.942. The first kappa shape index (κ1) is 14.0. The van der Waals surface area contributed by atoms with E-state index in [9.17, 15) is 4.79 Å². The first-order valence-electron chi connectivity index (χ1n) is 7.71. The fourth-order valence-corrected chi connectivity index (χ4v) is 4.38. The third-order valence-electron chi connectivity index (χ3n) is 4.87. The molecule has 1 N–H and O–H groups in total.